The summed E-state index contributed by atoms with van der Waals surface area (Å²) >= 11 is 13.9. The molecule has 0 aliphatic heterocycles. The normalized spacial score (nSPS) is 11.9. The molecule has 0 radical (unpaired) electrons. The summed E-state index contributed by atoms with van der Waals surface area (Å²) in [6, 6.07) is 21.1. The summed E-state index contributed by atoms with van der Waals surface area (Å²) < 4.78 is 8.51. The number of hydrogen-bond acceptors (Lipinski definition) is 4. The lowest BCUT2D eigenvalue weighted by molar-refractivity contribution is 0.666. The fourth-order valence-corrected chi connectivity index (χ4v) is 5.17. The van der Waals surface area contributed by atoms with E-state index in [0.29, 0.717) is 16.7 Å². The van der Waals surface area contributed by atoms with E-state index in [4.69, 9.17) is 27.6 Å². The molecule has 6 heteroatoms. The van der Waals surface area contributed by atoms with Crippen molar-refractivity contribution < 1.29 is 4.42 Å². The number of thiophene rings is 1. The van der Waals surface area contributed by atoms with Crippen LogP contribution in [0.2, 0.25) is 10.4 Å². The van der Waals surface area contributed by atoms with Gasteiger partial charge in [-0.25, -0.2) is 9.97 Å². The predicted molar refractivity (Wildman–Crippen MR) is 118 cm³/mol. The number of furan rings is 1. The summed E-state index contributed by atoms with van der Waals surface area (Å²) in [5.41, 5.74) is 4.00. The minimum atomic E-state index is 0.110. The van der Waals surface area contributed by atoms with Gasteiger partial charge in [-0.2, -0.15) is 0 Å². The van der Waals surface area contributed by atoms with Crippen LogP contribution in [0.3, 0.4) is 0 Å². The highest BCUT2D eigenvalue weighted by Gasteiger charge is 2.15. The lowest BCUT2D eigenvalue weighted by Crippen LogP contribution is -1.83. The quantitative estimate of drug-likeness (QED) is 0.202. The number of fused-ring (bicyclic) bond motifs is 6. The third kappa shape index (κ3) is 2.35. The van der Waals surface area contributed by atoms with Crippen LogP contribution in [-0.4, -0.2) is 9.97 Å². The van der Waals surface area contributed by atoms with E-state index in [1.807, 2.05) is 23.5 Å². The van der Waals surface area contributed by atoms with Gasteiger partial charge in [0.05, 0.1) is 0 Å². The van der Waals surface area contributed by atoms with Gasteiger partial charge in [-0.1, -0.05) is 41.9 Å². The average molecular weight is 421 g/mol. The van der Waals surface area contributed by atoms with Crippen LogP contribution in [0.4, 0.5) is 0 Å². The summed E-state index contributed by atoms with van der Waals surface area (Å²) in [5.74, 6) is 0. The van der Waals surface area contributed by atoms with Crippen molar-refractivity contribution in [2.45, 2.75) is 0 Å². The second kappa shape index (κ2) is 5.92. The van der Waals surface area contributed by atoms with Crippen LogP contribution in [0.5, 0.6) is 0 Å². The fourth-order valence-electron chi connectivity index (χ4n) is 3.67. The number of benzene rings is 3. The number of halogens is 2. The van der Waals surface area contributed by atoms with Crippen molar-refractivity contribution in [2.75, 3.05) is 0 Å². The minimum absolute atomic E-state index is 0.110. The molecule has 0 bridgehead atoms. The molecule has 0 aliphatic rings. The first-order valence-corrected chi connectivity index (χ1v) is 10.2. The SMILES string of the molecule is Clc1nc(Cl)c2oc3cc(-c4ccc5sc6ccccc6c5c4)ccc3c2n1. The van der Waals surface area contributed by atoms with E-state index in [1.54, 1.807) is 0 Å². The van der Waals surface area contributed by atoms with Gasteiger partial charge in [-0.3, -0.25) is 0 Å². The Hall–Kier alpha value is -2.66. The smallest absolute Gasteiger partial charge is 0.224 e. The van der Waals surface area contributed by atoms with Crippen LogP contribution in [0.15, 0.2) is 65.1 Å². The molecule has 28 heavy (non-hydrogen) atoms. The van der Waals surface area contributed by atoms with Gasteiger partial charge >= 0.3 is 0 Å². The highest BCUT2D eigenvalue weighted by atomic mass is 35.5. The van der Waals surface area contributed by atoms with Crippen LogP contribution in [0.25, 0.3) is 53.4 Å². The maximum atomic E-state index is 6.17. The van der Waals surface area contributed by atoms with Crippen molar-refractivity contribution in [2.24, 2.45) is 0 Å². The van der Waals surface area contributed by atoms with E-state index in [1.165, 1.54) is 20.2 Å². The zero-order valence-corrected chi connectivity index (χ0v) is 16.6. The molecule has 0 saturated heterocycles. The summed E-state index contributed by atoms with van der Waals surface area (Å²) in [7, 11) is 0. The molecular formula is C22H10Cl2N2OS. The molecule has 3 aromatic carbocycles. The van der Waals surface area contributed by atoms with E-state index in [9.17, 15) is 0 Å². The molecule has 0 spiro atoms. The maximum absolute atomic E-state index is 6.17. The summed E-state index contributed by atoms with van der Waals surface area (Å²) in [6.07, 6.45) is 0. The van der Waals surface area contributed by atoms with Gasteiger partial charge in [0, 0.05) is 25.6 Å². The standard InChI is InChI=1S/C22H10Cl2N2OS/c23-21-20-19(25-22(24)26-21)14-7-5-12(10-16(14)27-20)11-6-8-18-15(9-11)13-3-1-2-4-17(13)28-18/h1-10H. The number of hydrogen-bond donors (Lipinski definition) is 0. The monoisotopic (exact) mass is 420 g/mol. The molecule has 0 fully saturated rings. The molecule has 3 aromatic heterocycles. The van der Waals surface area contributed by atoms with E-state index in [-0.39, 0.29) is 10.4 Å². The summed E-state index contributed by atoms with van der Waals surface area (Å²) in [6.45, 7) is 0. The number of rotatable bonds is 1. The van der Waals surface area contributed by atoms with Crippen molar-refractivity contribution in [1.29, 1.82) is 0 Å². The van der Waals surface area contributed by atoms with Crippen LogP contribution >= 0.6 is 34.5 Å². The highest BCUT2D eigenvalue weighted by Crippen LogP contribution is 2.38. The Kier molecular flexibility index (Phi) is 3.45. The molecule has 134 valence electrons. The van der Waals surface area contributed by atoms with E-state index in [2.05, 4.69) is 58.5 Å². The van der Waals surface area contributed by atoms with Crippen LogP contribution in [0, 0.1) is 0 Å². The largest absolute Gasteiger partial charge is 0.451 e. The summed E-state index contributed by atoms with van der Waals surface area (Å²) in [4.78, 5) is 8.23. The topological polar surface area (TPSA) is 38.9 Å². The van der Waals surface area contributed by atoms with Gasteiger partial charge in [-0.15, -0.1) is 11.3 Å². The molecule has 0 unspecified atom stereocenters. The zero-order valence-electron chi connectivity index (χ0n) is 14.2. The first-order valence-electron chi connectivity index (χ1n) is 8.64. The van der Waals surface area contributed by atoms with Crippen molar-refractivity contribution in [3.05, 3.63) is 71.1 Å². The molecule has 3 heterocycles. The Morgan fingerprint density at radius 3 is 2.46 bits per heavy atom. The molecule has 0 N–H and O–H groups in total. The Labute approximate surface area is 173 Å². The Bertz CT molecular complexity index is 1550. The lowest BCUT2D eigenvalue weighted by Gasteiger charge is -2.02. The molecule has 0 aliphatic carbocycles. The molecular weight excluding hydrogens is 411 g/mol. The van der Waals surface area contributed by atoms with Crippen molar-refractivity contribution in [1.82, 2.24) is 9.97 Å². The molecule has 0 amide bonds. The minimum Gasteiger partial charge on any atom is -0.451 e. The molecule has 6 rings (SSSR count). The number of nitrogens with zero attached hydrogens (tertiary/aromatic N) is 2. The highest BCUT2D eigenvalue weighted by molar-refractivity contribution is 7.25. The number of aromatic nitrogens is 2. The predicted octanol–water partition coefficient (Wildman–Crippen LogP) is 7.72. The Balaban J connectivity index is 1.58. The third-order valence-corrected chi connectivity index (χ3v) is 6.53. The Morgan fingerprint density at radius 1 is 0.750 bits per heavy atom. The first kappa shape index (κ1) is 16.3. The average Bonchev–Trinajstić information content (AvgIpc) is 3.25. The van der Waals surface area contributed by atoms with Gasteiger partial charge in [0.2, 0.25) is 5.28 Å². The zero-order chi connectivity index (χ0) is 18.8. The molecule has 3 nitrogen and oxygen atoms in total. The van der Waals surface area contributed by atoms with Gasteiger partial charge < -0.3 is 4.42 Å². The van der Waals surface area contributed by atoms with Crippen molar-refractivity contribution in [3.63, 3.8) is 0 Å². The van der Waals surface area contributed by atoms with Gasteiger partial charge in [-0.05, 0) is 53.1 Å². The van der Waals surface area contributed by atoms with Crippen LogP contribution in [0.1, 0.15) is 0 Å². The Morgan fingerprint density at radius 2 is 1.54 bits per heavy atom. The molecule has 0 atom stereocenters. The van der Waals surface area contributed by atoms with Crippen LogP contribution < -0.4 is 0 Å². The van der Waals surface area contributed by atoms with Gasteiger partial charge in [0.25, 0.3) is 0 Å². The van der Waals surface area contributed by atoms with Gasteiger partial charge in [0.15, 0.2) is 10.7 Å². The van der Waals surface area contributed by atoms with E-state index in [0.717, 1.165) is 16.5 Å². The first-order chi connectivity index (χ1) is 13.7. The summed E-state index contributed by atoms with van der Waals surface area (Å²) in [5, 5.41) is 3.75. The van der Waals surface area contributed by atoms with Crippen molar-refractivity contribution in [3.8, 4) is 11.1 Å². The second-order valence-electron chi connectivity index (χ2n) is 6.58. The van der Waals surface area contributed by atoms with Crippen molar-refractivity contribution >= 4 is 76.8 Å². The fraction of sp³-hybridized carbons (Fsp3) is 0. The second-order valence-corrected chi connectivity index (χ2v) is 8.36. The van der Waals surface area contributed by atoms with Gasteiger partial charge in [0.1, 0.15) is 11.1 Å². The maximum Gasteiger partial charge on any atom is 0.224 e. The van der Waals surface area contributed by atoms with E-state index < -0.39 is 0 Å². The molecule has 0 saturated carbocycles. The molecule has 6 aromatic rings. The third-order valence-electron chi connectivity index (χ3n) is 4.96. The van der Waals surface area contributed by atoms with Crippen LogP contribution in [-0.2, 0) is 0 Å². The van der Waals surface area contributed by atoms with E-state index >= 15 is 0 Å². The lowest BCUT2D eigenvalue weighted by atomic mass is 10.0.